The van der Waals surface area contributed by atoms with Gasteiger partial charge in [0.25, 0.3) is 0 Å². The topological polar surface area (TPSA) is 128 Å². The van der Waals surface area contributed by atoms with Crippen molar-refractivity contribution in [1.82, 2.24) is 9.29 Å². The van der Waals surface area contributed by atoms with E-state index in [2.05, 4.69) is 4.98 Å². The number of sulfonamides is 1. The van der Waals surface area contributed by atoms with E-state index in [4.69, 9.17) is 18.6 Å². The fourth-order valence-electron chi connectivity index (χ4n) is 7.19. The third kappa shape index (κ3) is 7.49. The summed E-state index contributed by atoms with van der Waals surface area (Å²) in [6.45, 7) is 8.92. The summed E-state index contributed by atoms with van der Waals surface area (Å²) >= 11 is 0. The van der Waals surface area contributed by atoms with Crippen LogP contribution in [0.25, 0.3) is 11.3 Å². The van der Waals surface area contributed by atoms with E-state index < -0.39 is 28.0 Å². The molecule has 3 aromatic rings. The number of nitrogens with zero attached hydrogens (tertiary/aromatic N) is 2. The highest BCUT2D eigenvalue weighted by atomic mass is 32.2. The lowest BCUT2D eigenvalue weighted by molar-refractivity contribution is -0.178. The molecule has 3 fully saturated rings. The smallest absolute Gasteiger partial charge is 0.306 e. The van der Waals surface area contributed by atoms with Crippen molar-refractivity contribution >= 4 is 16.0 Å². The molecule has 1 N–H and O–H groups in total. The zero-order valence-electron chi connectivity index (χ0n) is 27.5. The predicted molar refractivity (Wildman–Crippen MR) is 175 cm³/mol. The van der Waals surface area contributed by atoms with E-state index in [1.54, 1.807) is 30.5 Å². The second kappa shape index (κ2) is 14.2. The first-order valence-electron chi connectivity index (χ1n) is 16.7. The Morgan fingerprint density at radius 2 is 1.72 bits per heavy atom. The minimum atomic E-state index is -3.98. The van der Waals surface area contributed by atoms with E-state index in [0.717, 1.165) is 17.5 Å². The van der Waals surface area contributed by atoms with Crippen molar-refractivity contribution in [3.05, 3.63) is 72.2 Å². The van der Waals surface area contributed by atoms with Crippen molar-refractivity contribution in [3.63, 3.8) is 0 Å². The van der Waals surface area contributed by atoms with Crippen LogP contribution in [0.4, 0.5) is 0 Å². The minimum Gasteiger partial charge on any atom is -0.462 e. The molecule has 2 saturated heterocycles. The number of ether oxygens (including phenoxy) is 3. The van der Waals surface area contributed by atoms with Crippen LogP contribution in [0.15, 0.2) is 70.1 Å². The summed E-state index contributed by atoms with van der Waals surface area (Å²) in [6, 6.07) is 16.1. The standard InChI is InChI=1S/C36H46N2O8S/c1-22(2)18-38(47(41,42)28-12-10-25(11-13-28)32-17-37-35(45-32)23(3)4)19-31(39)26(14-24-8-6-5-7-9-24)16-33(40)46-34-27-15-29-30(34)21-44-36(29)43-20-27/h5-13,17,22-23,26-27,29-31,34,36,39H,14-16,18-21H2,1-4H3/t26-,27-,29?,30?,31-,34?,36?/m1/s1. The Labute approximate surface area is 277 Å². The summed E-state index contributed by atoms with van der Waals surface area (Å²) in [5, 5.41) is 11.7. The number of fused-ring (bicyclic) bond motifs is 1. The average molecular weight is 667 g/mol. The normalized spacial score (nSPS) is 25.1. The third-order valence-corrected chi connectivity index (χ3v) is 11.5. The molecule has 0 spiro atoms. The maximum absolute atomic E-state index is 14.0. The van der Waals surface area contributed by atoms with Gasteiger partial charge in [0, 0.05) is 48.2 Å². The molecule has 6 rings (SSSR count). The van der Waals surface area contributed by atoms with Crippen LogP contribution in [0.3, 0.4) is 0 Å². The summed E-state index contributed by atoms with van der Waals surface area (Å²) in [6.07, 6.45) is 1.31. The van der Waals surface area contributed by atoms with Gasteiger partial charge in [0.1, 0.15) is 6.10 Å². The zero-order chi connectivity index (χ0) is 33.3. The molecule has 7 atom stereocenters. The van der Waals surface area contributed by atoms with Gasteiger partial charge in [-0.15, -0.1) is 0 Å². The van der Waals surface area contributed by atoms with Crippen molar-refractivity contribution in [2.24, 2.45) is 29.6 Å². The van der Waals surface area contributed by atoms with Crippen LogP contribution in [-0.4, -0.2) is 73.6 Å². The van der Waals surface area contributed by atoms with Gasteiger partial charge < -0.3 is 23.7 Å². The lowest BCUT2D eigenvalue weighted by atomic mass is 9.90. The van der Waals surface area contributed by atoms with Crippen LogP contribution in [0.5, 0.6) is 0 Å². The number of aromatic nitrogens is 1. The molecule has 2 bridgehead atoms. The maximum atomic E-state index is 14.0. The minimum absolute atomic E-state index is 0.00108. The van der Waals surface area contributed by atoms with Crippen molar-refractivity contribution < 1.29 is 36.9 Å². The summed E-state index contributed by atoms with van der Waals surface area (Å²) < 4.78 is 52.9. The molecule has 2 aliphatic heterocycles. The molecule has 254 valence electrons. The molecule has 3 heterocycles. The molecule has 10 nitrogen and oxygen atoms in total. The Morgan fingerprint density at radius 3 is 2.40 bits per heavy atom. The molecule has 0 amide bonds. The van der Waals surface area contributed by atoms with Gasteiger partial charge in [0.15, 0.2) is 17.9 Å². The van der Waals surface area contributed by atoms with E-state index >= 15 is 0 Å². The van der Waals surface area contributed by atoms with Gasteiger partial charge in [-0.25, -0.2) is 13.4 Å². The lowest BCUT2D eigenvalue weighted by Gasteiger charge is -2.31. The highest BCUT2D eigenvalue weighted by molar-refractivity contribution is 7.89. The van der Waals surface area contributed by atoms with E-state index in [0.29, 0.717) is 31.3 Å². The first-order valence-corrected chi connectivity index (χ1v) is 18.1. The molecule has 3 aliphatic rings. The molecule has 11 heteroatoms. The third-order valence-electron chi connectivity index (χ3n) is 9.62. The lowest BCUT2D eigenvalue weighted by Crippen LogP contribution is -2.43. The Hall–Kier alpha value is -3.09. The van der Waals surface area contributed by atoms with E-state index in [9.17, 15) is 18.3 Å². The number of oxazole rings is 1. The molecule has 1 aliphatic carbocycles. The number of aliphatic hydroxyl groups is 1. The van der Waals surface area contributed by atoms with Gasteiger partial charge >= 0.3 is 5.97 Å². The quantitative estimate of drug-likeness (QED) is 0.229. The molecule has 47 heavy (non-hydrogen) atoms. The van der Waals surface area contributed by atoms with E-state index in [-0.39, 0.29) is 66.4 Å². The fourth-order valence-corrected chi connectivity index (χ4v) is 8.81. The molecule has 2 aromatic carbocycles. The van der Waals surface area contributed by atoms with Crippen LogP contribution in [0.2, 0.25) is 0 Å². The Bertz CT molecular complexity index is 1610. The van der Waals surface area contributed by atoms with Crippen molar-refractivity contribution in [2.75, 3.05) is 26.3 Å². The van der Waals surface area contributed by atoms with Gasteiger partial charge in [0.05, 0.1) is 36.8 Å². The predicted octanol–water partition coefficient (Wildman–Crippen LogP) is 5.27. The van der Waals surface area contributed by atoms with Crippen LogP contribution >= 0.6 is 0 Å². The number of hydrogen-bond acceptors (Lipinski definition) is 9. The number of carbonyl (C=O) groups is 1. The molecule has 1 aromatic heterocycles. The summed E-state index contributed by atoms with van der Waals surface area (Å²) in [4.78, 5) is 17.9. The van der Waals surface area contributed by atoms with Crippen LogP contribution < -0.4 is 0 Å². The van der Waals surface area contributed by atoms with Gasteiger partial charge in [-0.3, -0.25) is 4.79 Å². The van der Waals surface area contributed by atoms with Crippen molar-refractivity contribution in [1.29, 1.82) is 0 Å². The average Bonchev–Trinajstić information content (AvgIpc) is 3.76. The van der Waals surface area contributed by atoms with Gasteiger partial charge in [-0.2, -0.15) is 4.31 Å². The Morgan fingerprint density at radius 1 is 1.00 bits per heavy atom. The second-order valence-electron chi connectivity index (χ2n) is 14.0. The molecular formula is C36H46N2O8S. The number of hydrogen-bond donors (Lipinski definition) is 1. The fraction of sp³-hybridized carbons (Fsp3) is 0.556. The number of benzene rings is 2. The van der Waals surface area contributed by atoms with Crippen LogP contribution in [0, 0.1) is 29.6 Å². The second-order valence-corrected chi connectivity index (χ2v) is 15.9. The summed E-state index contributed by atoms with van der Waals surface area (Å²) in [5.41, 5.74) is 1.67. The SMILES string of the molecule is CC(C)CN(C[C@@H](O)[C@@H](CC(=O)OC1C2COC3OC[C@H]1CC32)Cc1ccccc1)S(=O)(=O)c1ccc(-c2cnc(C(C)C)o2)cc1. The number of carbonyl (C=O) groups excluding carboxylic acids is 1. The monoisotopic (exact) mass is 666 g/mol. The van der Waals surface area contributed by atoms with Gasteiger partial charge in [0.2, 0.25) is 10.0 Å². The number of esters is 1. The van der Waals surface area contributed by atoms with Crippen molar-refractivity contribution in [3.8, 4) is 11.3 Å². The molecule has 4 unspecified atom stereocenters. The first-order chi connectivity index (χ1) is 22.5. The summed E-state index contributed by atoms with van der Waals surface area (Å²) in [5.74, 6) is 0.859. The number of aliphatic hydroxyl groups excluding tert-OH is 1. The molecule has 0 radical (unpaired) electrons. The van der Waals surface area contributed by atoms with Crippen molar-refractivity contribution in [2.45, 2.75) is 76.3 Å². The Balaban J connectivity index is 1.18. The van der Waals surface area contributed by atoms with Crippen LogP contribution in [0.1, 0.15) is 57.9 Å². The zero-order valence-corrected chi connectivity index (χ0v) is 28.3. The number of rotatable bonds is 14. The van der Waals surface area contributed by atoms with E-state index in [1.165, 1.54) is 4.31 Å². The first kappa shape index (κ1) is 33.8. The van der Waals surface area contributed by atoms with Crippen LogP contribution in [-0.2, 0) is 35.4 Å². The molecule has 1 saturated carbocycles. The van der Waals surface area contributed by atoms with E-state index in [1.807, 2.05) is 58.0 Å². The maximum Gasteiger partial charge on any atom is 0.306 e. The Kier molecular flexibility index (Phi) is 10.2. The van der Waals surface area contributed by atoms with Gasteiger partial charge in [-0.1, -0.05) is 58.0 Å². The molecular weight excluding hydrogens is 620 g/mol. The highest BCUT2D eigenvalue weighted by Gasteiger charge is 2.56. The summed E-state index contributed by atoms with van der Waals surface area (Å²) in [7, 11) is -3.98. The highest BCUT2D eigenvalue weighted by Crippen LogP contribution is 2.49. The largest absolute Gasteiger partial charge is 0.462 e. The van der Waals surface area contributed by atoms with Gasteiger partial charge in [-0.05, 0) is 48.6 Å².